The van der Waals surface area contributed by atoms with E-state index in [1.54, 1.807) is 0 Å². The molecular weight excluding hydrogens is 761 g/mol. The fraction of sp³-hybridized carbons (Fsp3) is 0. The minimum atomic E-state index is 0.859. The quantitative estimate of drug-likeness (QED) is 0.174. The van der Waals surface area contributed by atoms with Crippen LogP contribution in [0.25, 0.3) is 120 Å². The second-order valence-corrected chi connectivity index (χ2v) is 16.7. The Balaban J connectivity index is 1.12. The van der Waals surface area contributed by atoms with Gasteiger partial charge in [0.25, 0.3) is 0 Å². The Hall–Kier alpha value is -7.86. The molecule has 0 bridgehead atoms. The molecule has 9 aromatic carbocycles. The standard InChI is InChI=1S/C56H34N4S/c1-3-16-35(17-4-1)39-24-14-25-44-45-26-15-31-50(56(45)61-55(39)44)60-49-30-12-8-23-41(49)43-33-32-42-40-22-7-11-29-48(40)59(53(42)54(43)60)38-21-13-20-37(34-38)52-51(36-18-5-2-6-19-36)57-46-27-9-10-28-47(46)58-52/h1-34H. The fourth-order valence-electron chi connectivity index (χ4n) is 9.64. The van der Waals surface area contributed by atoms with Crippen molar-refractivity contribution in [2.75, 3.05) is 0 Å². The Kier molecular flexibility index (Phi) is 7.44. The Morgan fingerprint density at radius 2 is 0.852 bits per heavy atom. The highest BCUT2D eigenvalue weighted by molar-refractivity contribution is 7.26. The summed E-state index contributed by atoms with van der Waals surface area (Å²) < 4.78 is 7.59. The molecule has 61 heavy (non-hydrogen) atoms. The molecule has 0 aliphatic heterocycles. The molecule has 4 heterocycles. The third-order valence-electron chi connectivity index (χ3n) is 12.3. The van der Waals surface area contributed by atoms with Gasteiger partial charge in [0.1, 0.15) is 0 Å². The summed E-state index contributed by atoms with van der Waals surface area (Å²) in [5, 5.41) is 7.43. The molecule has 0 fully saturated rings. The molecule has 0 spiro atoms. The van der Waals surface area contributed by atoms with Crippen molar-refractivity contribution in [3.05, 3.63) is 206 Å². The van der Waals surface area contributed by atoms with E-state index >= 15 is 0 Å². The van der Waals surface area contributed by atoms with E-state index in [1.165, 1.54) is 75.1 Å². The number of benzene rings is 9. The number of thiophene rings is 1. The van der Waals surface area contributed by atoms with Gasteiger partial charge in [0.2, 0.25) is 0 Å². The van der Waals surface area contributed by atoms with Gasteiger partial charge in [0.05, 0.1) is 54.9 Å². The van der Waals surface area contributed by atoms with Crippen LogP contribution in [0.3, 0.4) is 0 Å². The van der Waals surface area contributed by atoms with Gasteiger partial charge in [-0.25, -0.2) is 9.97 Å². The summed E-state index contributed by atoms with van der Waals surface area (Å²) in [4.78, 5) is 10.5. The van der Waals surface area contributed by atoms with E-state index in [9.17, 15) is 0 Å². The van der Waals surface area contributed by atoms with Gasteiger partial charge in [-0.05, 0) is 53.6 Å². The molecule has 0 aliphatic rings. The van der Waals surface area contributed by atoms with Gasteiger partial charge < -0.3 is 9.13 Å². The van der Waals surface area contributed by atoms with Crippen LogP contribution in [-0.4, -0.2) is 19.1 Å². The molecule has 0 unspecified atom stereocenters. The Morgan fingerprint density at radius 1 is 0.344 bits per heavy atom. The maximum atomic E-state index is 5.30. The molecule has 13 aromatic rings. The predicted octanol–water partition coefficient (Wildman–Crippen LogP) is 15.2. The van der Waals surface area contributed by atoms with E-state index in [-0.39, 0.29) is 0 Å². The van der Waals surface area contributed by atoms with E-state index in [4.69, 9.17) is 9.97 Å². The average Bonchev–Trinajstić information content (AvgIpc) is 4.00. The molecule has 0 N–H and O–H groups in total. The smallest absolute Gasteiger partial charge is 0.0973 e. The van der Waals surface area contributed by atoms with Crippen LogP contribution in [-0.2, 0) is 0 Å². The van der Waals surface area contributed by atoms with Gasteiger partial charge in [-0.1, -0.05) is 164 Å². The number of fused-ring (bicyclic) bond motifs is 11. The van der Waals surface area contributed by atoms with Crippen molar-refractivity contribution < 1.29 is 0 Å². The second kappa shape index (κ2) is 13.3. The van der Waals surface area contributed by atoms with E-state index in [0.717, 1.165) is 44.8 Å². The largest absolute Gasteiger partial charge is 0.307 e. The zero-order valence-corrected chi connectivity index (χ0v) is 33.6. The molecule has 284 valence electrons. The van der Waals surface area contributed by atoms with Gasteiger partial charge in [-0.2, -0.15) is 0 Å². The summed E-state index contributed by atoms with van der Waals surface area (Å²) in [5.41, 5.74) is 15.0. The maximum Gasteiger partial charge on any atom is 0.0973 e. The van der Waals surface area contributed by atoms with Crippen LogP contribution in [0.1, 0.15) is 0 Å². The molecule has 0 radical (unpaired) electrons. The highest BCUT2D eigenvalue weighted by Gasteiger charge is 2.24. The summed E-state index contributed by atoms with van der Waals surface area (Å²) in [7, 11) is 0. The van der Waals surface area contributed by atoms with Crippen molar-refractivity contribution in [3.8, 4) is 45.0 Å². The molecule has 5 heteroatoms. The normalized spacial score (nSPS) is 11.9. The first kappa shape index (κ1) is 34.0. The van der Waals surface area contributed by atoms with Crippen molar-refractivity contribution in [3.63, 3.8) is 0 Å². The number of hydrogen-bond acceptors (Lipinski definition) is 3. The zero-order valence-electron chi connectivity index (χ0n) is 32.8. The molecule has 13 rings (SSSR count). The minimum absolute atomic E-state index is 0.859. The van der Waals surface area contributed by atoms with Crippen LogP contribution < -0.4 is 0 Å². The lowest BCUT2D eigenvalue weighted by Gasteiger charge is -2.15. The van der Waals surface area contributed by atoms with Crippen LogP contribution in [0.5, 0.6) is 0 Å². The molecule has 0 saturated carbocycles. The molecule has 0 saturated heterocycles. The first-order chi connectivity index (χ1) is 30.3. The SMILES string of the molecule is c1ccc(-c2nc3ccccc3nc2-c2cccc(-n3c4ccccc4c4ccc5c6ccccc6n(-c6cccc7c6sc6c(-c8ccccc8)cccc67)c5c43)c2)cc1. The lowest BCUT2D eigenvalue weighted by Crippen LogP contribution is -2.00. The summed E-state index contributed by atoms with van der Waals surface area (Å²) >= 11 is 1.90. The molecule has 4 aromatic heterocycles. The van der Waals surface area contributed by atoms with Crippen LogP contribution in [0, 0.1) is 0 Å². The molecule has 0 aliphatic carbocycles. The lowest BCUT2D eigenvalue weighted by atomic mass is 10.0. The van der Waals surface area contributed by atoms with E-state index in [0.29, 0.717) is 0 Å². The summed E-state index contributed by atoms with van der Waals surface area (Å²) in [6.45, 7) is 0. The van der Waals surface area contributed by atoms with E-state index in [2.05, 4.69) is 185 Å². The van der Waals surface area contributed by atoms with Gasteiger partial charge in [0, 0.05) is 53.8 Å². The van der Waals surface area contributed by atoms with Crippen LogP contribution >= 0.6 is 11.3 Å². The van der Waals surface area contributed by atoms with E-state index < -0.39 is 0 Å². The highest BCUT2D eigenvalue weighted by Crippen LogP contribution is 2.46. The summed E-state index contributed by atoms with van der Waals surface area (Å²) in [5.74, 6) is 0. The van der Waals surface area contributed by atoms with Crippen molar-refractivity contribution >= 4 is 86.2 Å². The fourth-order valence-corrected chi connectivity index (χ4v) is 11.0. The number of nitrogens with zero attached hydrogens (tertiary/aromatic N) is 4. The molecule has 4 nitrogen and oxygen atoms in total. The van der Waals surface area contributed by atoms with Crippen LogP contribution in [0.4, 0.5) is 0 Å². The predicted molar refractivity (Wildman–Crippen MR) is 257 cm³/mol. The maximum absolute atomic E-state index is 5.30. The summed E-state index contributed by atoms with van der Waals surface area (Å²) in [6, 6.07) is 74.1. The average molecular weight is 795 g/mol. The van der Waals surface area contributed by atoms with Gasteiger partial charge in [-0.3, -0.25) is 0 Å². The molecule has 0 atom stereocenters. The first-order valence-corrected chi connectivity index (χ1v) is 21.5. The Morgan fingerprint density at radius 3 is 1.56 bits per heavy atom. The molecule has 0 amide bonds. The number of para-hydroxylation sites is 4. The topological polar surface area (TPSA) is 35.6 Å². The van der Waals surface area contributed by atoms with Crippen molar-refractivity contribution in [1.29, 1.82) is 0 Å². The van der Waals surface area contributed by atoms with Crippen molar-refractivity contribution in [2.24, 2.45) is 0 Å². The van der Waals surface area contributed by atoms with Gasteiger partial charge >= 0.3 is 0 Å². The van der Waals surface area contributed by atoms with Crippen LogP contribution in [0.2, 0.25) is 0 Å². The second-order valence-electron chi connectivity index (χ2n) is 15.7. The van der Waals surface area contributed by atoms with E-state index in [1.807, 2.05) is 41.7 Å². The molecular formula is C56H34N4S. The van der Waals surface area contributed by atoms with Gasteiger partial charge in [0.15, 0.2) is 0 Å². The van der Waals surface area contributed by atoms with Crippen molar-refractivity contribution in [1.82, 2.24) is 19.1 Å². The van der Waals surface area contributed by atoms with Crippen LogP contribution in [0.15, 0.2) is 206 Å². The Labute approximate surface area is 354 Å². The van der Waals surface area contributed by atoms with Crippen molar-refractivity contribution in [2.45, 2.75) is 0 Å². The highest BCUT2D eigenvalue weighted by atomic mass is 32.1. The number of hydrogen-bond donors (Lipinski definition) is 0. The first-order valence-electron chi connectivity index (χ1n) is 20.7. The van der Waals surface area contributed by atoms with Gasteiger partial charge in [-0.15, -0.1) is 11.3 Å². The summed E-state index contributed by atoms with van der Waals surface area (Å²) in [6.07, 6.45) is 0. The number of aromatic nitrogens is 4. The lowest BCUT2D eigenvalue weighted by molar-refractivity contribution is 1.16. The number of rotatable bonds is 5. The third-order valence-corrected chi connectivity index (χ3v) is 13.6. The third kappa shape index (κ3) is 5.11. The Bertz CT molecular complexity index is 3880. The monoisotopic (exact) mass is 794 g/mol. The minimum Gasteiger partial charge on any atom is -0.307 e. The zero-order chi connectivity index (χ0) is 40.0.